The smallest absolute Gasteiger partial charge is 0.0688 e. The molecular formula is C18H24O. The minimum atomic E-state index is -0.548. The van der Waals surface area contributed by atoms with Gasteiger partial charge in [0, 0.05) is 6.42 Å². The third-order valence-corrected chi connectivity index (χ3v) is 3.83. The molecule has 0 radical (unpaired) electrons. The molecule has 0 aliphatic rings. The summed E-state index contributed by atoms with van der Waals surface area (Å²) in [5.74, 6) is 0. The Hall–Kier alpha value is -1.34. The van der Waals surface area contributed by atoms with Crippen LogP contribution in [0.1, 0.15) is 45.1 Å². The van der Waals surface area contributed by atoms with Crippen LogP contribution in [0.2, 0.25) is 0 Å². The second-order valence-electron chi connectivity index (χ2n) is 5.54. The quantitative estimate of drug-likeness (QED) is 0.793. The molecule has 2 aromatic carbocycles. The largest absolute Gasteiger partial charge is 0.390 e. The minimum absolute atomic E-state index is 0.548. The first-order valence-corrected chi connectivity index (χ1v) is 7.37. The lowest BCUT2D eigenvalue weighted by Gasteiger charge is -2.28. The molecule has 1 N–H and O–H groups in total. The van der Waals surface area contributed by atoms with Crippen molar-refractivity contribution in [2.24, 2.45) is 0 Å². The van der Waals surface area contributed by atoms with Crippen molar-refractivity contribution in [2.45, 2.75) is 51.6 Å². The zero-order valence-corrected chi connectivity index (χ0v) is 12.0. The van der Waals surface area contributed by atoms with Crippen LogP contribution in [-0.2, 0) is 6.42 Å². The third kappa shape index (κ3) is 3.36. The molecule has 0 unspecified atom stereocenters. The number of fused-ring (bicyclic) bond motifs is 1. The summed E-state index contributed by atoms with van der Waals surface area (Å²) in [6, 6.07) is 14.8. The molecule has 0 amide bonds. The normalized spacial score (nSPS) is 11.9. The number of aliphatic hydroxyl groups is 1. The van der Waals surface area contributed by atoms with E-state index in [4.69, 9.17) is 0 Å². The predicted octanol–water partition coefficient (Wildman–Crippen LogP) is 4.71. The second kappa shape index (κ2) is 6.21. The van der Waals surface area contributed by atoms with Crippen LogP contribution in [0.3, 0.4) is 0 Å². The van der Waals surface area contributed by atoms with Gasteiger partial charge in [-0.1, -0.05) is 69.2 Å². The van der Waals surface area contributed by atoms with Gasteiger partial charge in [-0.15, -0.1) is 0 Å². The van der Waals surface area contributed by atoms with Gasteiger partial charge in [-0.3, -0.25) is 0 Å². The van der Waals surface area contributed by atoms with Gasteiger partial charge in [0.1, 0.15) is 0 Å². The Balaban J connectivity index is 2.33. The van der Waals surface area contributed by atoms with Crippen LogP contribution in [0.4, 0.5) is 0 Å². The third-order valence-electron chi connectivity index (χ3n) is 3.83. The van der Waals surface area contributed by atoms with Crippen LogP contribution in [0.25, 0.3) is 10.8 Å². The number of hydrogen-bond acceptors (Lipinski definition) is 1. The standard InChI is InChI=1S/C18H24O/c1-3-12-18(19,13-4-2)14-16-10-7-9-15-8-5-6-11-17(15)16/h5-11,19H,3-4,12-14H2,1-2H3. The van der Waals surface area contributed by atoms with Crippen molar-refractivity contribution in [3.8, 4) is 0 Å². The molecule has 2 aromatic rings. The molecule has 0 heterocycles. The van der Waals surface area contributed by atoms with Crippen molar-refractivity contribution < 1.29 is 5.11 Å². The van der Waals surface area contributed by atoms with Crippen LogP contribution in [-0.4, -0.2) is 10.7 Å². The Labute approximate surface area is 116 Å². The van der Waals surface area contributed by atoms with Gasteiger partial charge in [-0.2, -0.15) is 0 Å². The summed E-state index contributed by atoms with van der Waals surface area (Å²) in [7, 11) is 0. The van der Waals surface area contributed by atoms with Crippen LogP contribution in [0.15, 0.2) is 42.5 Å². The molecule has 0 aliphatic heterocycles. The summed E-state index contributed by atoms with van der Waals surface area (Å²) in [5.41, 5.74) is 0.718. The summed E-state index contributed by atoms with van der Waals surface area (Å²) in [5, 5.41) is 13.4. The summed E-state index contributed by atoms with van der Waals surface area (Å²) in [6.07, 6.45) is 4.58. The van der Waals surface area contributed by atoms with Crippen molar-refractivity contribution in [2.75, 3.05) is 0 Å². The summed E-state index contributed by atoms with van der Waals surface area (Å²) < 4.78 is 0. The minimum Gasteiger partial charge on any atom is -0.390 e. The molecule has 0 aromatic heterocycles. The summed E-state index contributed by atoms with van der Waals surface area (Å²) >= 11 is 0. The molecule has 19 heavy (non-hydrogen) atoms. The molecule has 0 bridgehead atoms. The SMILES string of the molecule is CCCC(O)(CCC)Cc1cccc2ccccc12. The highest BCUT2D eigenvalue weighted by molar-refractivity contribution is 5.85. The first-order chi connectivity index (χ1) is 9.18. The van der Waals surface area contributed by atoms with E-state index in [1.54, 1.807) is 0 Å². The van der Waals surface area contributed by atoms with E-state index in [-0.39, 0.29) is 0 Å². The van der Waals surface area contributed by atoms with E-state index in [9.17, 15) is 5.11 Å². The maximum absolute atomic E-state index is 10.8. The van der Waals surface area contributed by atoms with Crippen molar-refractivity contribution >= 4 is 10.8 Å². The van der Waals surface area contributed by atoms with E-state index >= 15 is 0 Å². The first-order valence-electron chi connectivity index (χ1n) is 7.37. The van der Waals surface area contributed by atoms with Crippen molar-refractivity contribution in [3.63, 3.8) is 0 Å². The Morgan fingerprint density at radius 1 is 0.895 bits per heavy atom. The molecular weight excluding hydrogens is 232 g/mol. The molecule has 2 rings (SSSR count). The zero-order valence-electron chi connectivity index (χ0n) is 12.0. The van der Waals surface area contributed by atoms with Gasteiger partial charge >= 0.3 is 0 Å². The summed E-state index contributed by atoms with van der Waals surface area (Å²) in [6.45, 7) is 4.29. The van der Waals surface area contributed by atoms with Gasteiger partial charge in [-0.25, -0.2) is 0 Å². The molecule has 102 valence electrons. The molecule has 0 spiro atoms. The monoisotopic (exact) mass is 256 g/mol. The average Bonchev–Trinajstić information content (AvgIpc) is 2.39. The fraction of sp³-hybridized carbons (Fsp3) is 0.444. The predicted molar refractivity (Wildman–Crippen MR) is 82.4 cm³/mol. The molecule has 1 nitrogen and oxygen atoms in total. The highest BCUT2D eigenvalue weighted by atomic mass is 16.3. The number of hydrogen-bond donors (Lipinski definition) is 1. The maximum atomic E-state index is 10.8. The van der Waals surface area contributed by atoms with E-state index in [1.807, 2.05) is 0 Å². The lowest BCUT2D eigenvalue weighted by atomic mass is 9.85. The van der Waals surface area contributed by atoms with Gasteiger partial charge in [-0.05, 0) is 29.2 Å². The first kappa shape index (κ1) is 14.1. The Morgan fingerprint density at radius 2 is 1.53 bits per heavy atom. The van der Waals surface area contributed by atoms with E-state index in [0.29, 0.717) is 0 Å². The number of rotatable bonds is 6. The number of benzene rings is 2. The van der Waals surface area contributed by atoms with Gasteiger partial charge < -0.3 is 5.11 Å². The lowest BCUT2D eigenvalue weighted by molar-refractivity contribution is 0.0219. The van der Waals surface area contributed by atoms with Crippen molar-refractivity contribution in [3.05, 3.63) is 48.0 Å². The van der Waals surface area contributed by atoms with Gasteiger partial charge in [0.05, 0.1) is 5.60 Å². The van der Waals surface area contributed by atoms with E-state index in [1.165, 1.54) is 16.3 Å². The Kier molecular flexibility index (Phi) is 4.60. The van der Waals surface area contributed by atoms with E-state index < -0.39 is 5.60 Å². The molecule has 1 heteroatoms. The molecule has 0 saturated heterocycles. The highest BCUT2D eigenvalue weighted by Gasteiger charge is 2.25. The topological polar surface area (TPSA) is 20.2 Å². The van der Waals surface area contributed by atoms with Crippen molar-refractivity contribution in [1.82, 2.24) is 0 Å². The molecule has 0 fully saturated rings. The molecule has 0 saturated carbocycles. The highest BCUT2D eigenvalue weighted by Crippen LogP contribution is 2.28. The van der Waals surface area contributed by atoms with Gasteiger partial charge in [0.15, 0.2) is 0 Å². The average molecular weight is 256 g/mol. The van der Waals surface area contributed by atoms with Crippen molar-refractivity contribution in [1.29, 1.82) is 0 Å². The van der Waals surface area contributed by atoms with Crippen LogP contribution >= 0.6 is 0 Å². The second-order valence-corrected chi connectivity index (χ2v) is 5.54. The van der Waals surface area contributed by atoms with Crippen LogP contribution in [0.5, 0.6) is 0 Å². The summed E-state index contributed by atoms with van der Waals surface area (Å²) in [4.78, 5) is 0. The van der Waals surface area contributed by atoms with E-state index in [2.05, 4.69) is 56.3 Å². The maximum Gasteiger partial charge on any atom is 0.0688 e. The Morgan fingerprint density at radius 3 is 2.21 bits per heavy atom. The molecule has 0 aliphatic carbocycles. The fourth-order valence-corrected chi connectivity index (χ4v) is 3.03. The van der Waals surface area contributed by atoms with Crippen LogP contribution in [0, 0.1) is 0 Å². The lowest BCUT2D eigenvalue weighted by Crippen LogP contribution is -2.31. The van der Waals surface area contributed by atoms with Crippen LogP contribution < -0.4 is 0 Å². The van der Waals surface area contributed by atoms with E-state index in [0.717, 1.165) is 32.1 Å². The Bertz CT molecular complexity index is 519. The molecule has 0 atom stereocenters. The zero-order chi connectivity index (χ0) is 13.7. The van der Waals surface area contributed by atoms with Gasteiger partial charge in [0.2, 0.25) is 0 Å². The fourth-order valence-electron chi connectivity index (χ4n) is 3.03. The van der Waals surface area contributed by atoms with Gasteiger partial charge in [0.25, 0.3) is 0 Å².